The Balaban J connectivity index is 1.76. The summed E-state index contributed by atoms with van der Waals surface area (Å²) in [6.45, 7) is 2.15. The summed E-state index contributed by atoms with van der Waals surface area (Å²) in [5, 5.41) is 2.93. The van der Waals surface area contributed by atoms with Crippen molar-refractivity contribution in [2.24, 2.45) is 5.92 Å². The highest BCUT2D eigenvalue weighted by atomic mass is 32.2. The van der Waals surface area contributed by atoms with E-state index in [2.05, 4.69) is 5.32 Å². The molecule has 2 aliphatic rings. The highest BCUT2D eigenvalue weighted by Crippen LogP contribution is 2.21. The van der Waals surface area contributed by atoms with E-state index in [1.165, 1.54) is 22.7 Å². The van der Waals surface area contributed by atoms with Crippen LogP contribution in [0.4, 0.5) is 0 Å². The molecule has 0 saturated carbocycles. The Labute approximate surface area is 126 Å². The lowest BCUT2D eigenvalue weighted by Crippen LogP contribution is -2.47. The van der Waals surface area contributed by atoms with Gasteiger partial charge >= 0.3 is 0 Å². The van der Waals surface area contributed by atoms with Crippen LogP contribution in [0.25, 0.3) is 0 Å². The Hall–Kier alpha value is -0.700. The van der Waals surface area contributed by atoms with Gasteiger partial charge in [0.05, 0.1) is 6.10 Å². The van der Waals surface area contributed by atoms with Crippen LogP contribution >= 0.6 is 0 Å². The molecule has 21 heavy (non-hydrogen) atoms. The fourth-order valence-electron chi connectivity index (χ4n) is 2.74. The second-order valence-electron chi connectivity index (χ2n) is 5.84. The molecule has 122 valence electrons. The standard InChI is InChI=1S/C13H25N3O4S/c1-15(2)21(18,19)16-7-5-11(6-8-16)13(17)14-10-12-4-3-9-20-12/h11-12H,3-10H2,1-2H3,(H,14,17)/t12-/m0/s1. The Kier molecular flexibility index (Phi) is 5.59. The zero-order valence-corrected chi connectivity index (χ0v) is 13.6. The van der Waals surface area contributed by atoms with E-state index in [0.29, 0.717) is 32.5 Å². The number of hydrogen-bond donors (Lipinski definition) is 1. The van der Waals surface area contributed by atoms with Crippen LogP contribution in [-0.2, 0) is 19.7 Å². The van der Waals surface area contributed by atoms with E-state index >= 15 is 0 Å². The quantitative estimate of drug-likeness (QED) is 0.761. The Morgan fingerprint density at radius 2 is 1.95 bits per heavy atom. The molecule has 8 heteroatoms. The Morgan fingerprint density at radius 1 is 1.29 bits per heavy atom. The molecule has 1 N–H and O–H groups in total. The number of amides is 1. The van der Waals surface area contributed by atoms with E-state index in [1.54, 1.807) is 0 Å². The highest BCUT2D eigenvalue weighted by molar-refractivity contribution is 7.86. The summed E-state index contributed by atoms with van der Waals surface area (Å²) >= 11 is 0. The Morgan fingerprint density at radius 3 is 2.48 bits per heavy atom. The van der Waals surface area contributed by atoms with Gasteiger partial charge in [-0.1, -0.05) is 0 Å². The van der Waals surface area contributed by atoms with Gasteiger partial charge in [0.25, 0.3) is 10.2 Å². The van der Waals surface area contributed by atoms with Crippen molar-refractivity contribution < 1.29 is 17.9 Å². The van der Waals surface area contributed by atoms with Crippen LogP contribution in [0.2, 0.25) is 0 Å². The summed E-state index contributed by atoms with van der Waals surface area (Å²) in [7, 11) is -0.312. The van der Waals surface area contributed by atoms with Gasteiger partial charge in [0.2, 0.25) is 5.91 Å². The third-order valence-electron chi connectivity index (χ3n) is 4.14. The van der Waals surface area contributed by atoms with E-state index in [4.69, 9.17) is 4.74 Å². The predicted octanol–water partition coefficient (Wildman–Crippen LogP) is -0.200. The first-order valence-corrected chi connectivity index (χ1v) is 8.88. The van der Waals surface area contributed by atoms with Gasteiger partial charge in [-0.25, -0.2) is 0 Å². The van der Waals surface area contributed by atoms with Crippen molar-refractivity contribution in [3.8, 4) is 0 Å². The van der Waals surface area contributed by atoms with Crippen molar-refractivity contribution in [3.05, 3.63) is 0 Å². The molecule has 0 aromatic carbocycles. The number of nitrogens with zero attached hydrogens (tertiary/aromatic N) is 2. The maximum absolute atomic E-state index is 12.1. The maximum atomic E-state index is 12.1. The van der Waals surface area contributed by atoms with Gasteiger partial charge < -0.3 is 10.1 Å². The lowest BCUT2D eigenvalue weighted by Gasteiger charge is -2.32. The van der Waals surface area contributed by atoms with Crippen molar-refractivity contribution >= 4 is 16.1 Å². The normalized spacial score (nSPS) is 25.4. The minimum Gasteiger partial charge on any atom is -0.376 e. The van der Waals surface area contributed by atoms with E-state index in [0.717, 1.165) is 19.4 Å². The molecule has 0 radical (unpaired) electrons. The van der Waals surface area contributed by atoms with Crippen LogP contribution in [0.5, 0.6) is 0 Å². The SMILES string of the molecule is CN(C)S(=O)(=O)N1CCC(C(=O)NC[C@@H]2CCCO2)CC1. The second-order valence-corrected chi connectivity index (χ2v) is 7.99. The van der Waals surface area contributed by atoms with E-state index in [9.17, 15) is 13.2 Å². The molecule has 2 aliphatic heterocycles. The van der Waals surface area contributed by atoms with Gasteiger partial charge in [-0.05, 0) is 25.7 Å². The largest absolute Gasteiger partial charge is 0.376 e. The molecular formula is C13H25N3O4S. The second kappa shape index (κ2) is 7.04. The van der Waals surface area contributed by atoms with Gasteiger partial charge in [0.1, 0.15) is 0 Å². The van der Waals surface area contributed by atoms with Gasteiger partial charge in [-0.3, -0.25) is 4.79 Å². The molecule has 0 spiro atoms. The first-order chi connectivity index (χ1) is 9.91. The van der Waals surface area contributed by atoms with Crippen molar-refractivity contribution in [1.29, 1.82) is 0 Å². The van der Waals surface area contributed by atoms with Crippen LogP contribution in [0.3, 0.4) is 0 Å². The minimum atomic E-state index is -3.36. The number of carbonyl (C=O) groups is 1. The molecule has 1 atom stereocenters. The summed E-state index contributed by atoms with van der Waals surface area (Å²) in [6.07, 6.45) is 3.35. The van der Waals surface area contributed by atoms with Crippen LogP contribution in [-0.4, -0.2) is 69.4 Å². The zero-order valence-electron chi connectivity index (χ0n) is 12.7. The molecule has 0 unspecified atom stereocenters. The average Bonchev–Trinajstić information content (AvgIpc) is 2.98. The van der Waals surface area contributed by atoms with Gasteiger partial charge in [0, 0.05) is 46.3 Å². The molecule has 1 amide bonds. The van der Waals surface area contributed by atoms with Crippen molar-refractivity contribution in [1.82, 2.24) is 13.9 Å². The maximum Gasteiger partial charge on any atom is 0.281 e. The van der Waals surface area contributed by atoms with Crippen molar-refractivity contribution in [2.45, 2.75) is 31.8 Å². The minimum absolute atomic E-state index is 0.0207. The summed E-state index contributed by atoms with van der Waals surface area (Å²) < 4.78 is 32.1. The molecule has 2 fully saturated rings. The van der Waals surface area contributed by atoms with Crippen molar-refractivity contribution in [3.63, 3.8) is 0 Å². The predicted molar refractivity (Wildman–Crippen MR) is 78.9 cm³/mol. The fraction of sp³-hybridized carbons (Fsp3) is 0.923. The highest BCUT2D eigenvalue weighted by Gasteiger charge is 2.32. The topological polar surface area (TPSA) is 79.0 Å². The van der Waals surface area contributed by atoms with E-state index in [-0.39, 0.29) is 17.9 Å². The van der Waals surface area contributed by atoms with Gasteiger partial charge in [-0.2, -0.15) is 17.0 Å². The molecular weight excluding hydrogens is 294 g/mol. The third kappa shape index (κ3) is 4.15. The number of ether oxygens (including phenoxy) is 1. The van der Waals surface area contributed by atoms with Gasteiger partial charge in [-0.15, -0.1) is 0 Å². The smallest absolute Gasteiger partial charge is 0.281 e. The molecule has 0 aromatic rings. The fourth-order valence-corrected chi connectivity index (χ4v) is 3.88. The lowest BCUT2D eigenvalue weighted by molar-refractivity contribution is -0.126. The molecule has 7 nitrogen and oxygen atoms in total. The van der Waals surface area contributed by atoms with Crippen LogP contribution in [0, 0.1) is 5.92 Å². The monoisotopic (exact) mass is 319 g/mol. The molecule has 2 saturated heterocycles. The Bertz CT molecular complexity index is 452. The number of carbonyl (C=O) groups excluding carboxylic acids is 1. The van der Waals surface area contributed by atoms with E-state index < -0.39 is 10.2 Å². The summed E-state index contributed by atoms with van der Waals surface area (Å²) in [5.74, 6) is -0.0765. The molecule has 2 rings (SSSR count). The lowest BCUT2D eigenvalue weighted by atomic mass is 9.97. The zero-order chi connectivity index (χ0) is 15.5. The third-order valence-corrected chi connectivity index (χ3v) is 6.08. The first-order valence-electron chi connectivity index (χ1n) is 7.48. The summed E-state index contributed by atoms with van der Waals surface area (Å²) in [4.78, 5) is 12.1. The molecule has 0 bridgehead atoms. The molecule has 0 aromatic heterocycles. The van der Waals surface area contributed by atoms with Crippen LogP contribution < -0.4 is 5.32 Å². The number of piperidine rings is 1. The first kappa shape index (κ1) is 16.7. The number of nitrogens with one attached hydrogen (secondary N) is 1. The molecule has 0 aliphatic carbocycles. The van der Waals surface area contributed by atoms with Crippen molar-refractivity contribution in [2.75, 3.05) is 40.3 Å². The van der Waals surface area contributed by atoms with Crippen LogP contribution in [0.1, 0.15) is 25.7 Å². The summed E-state index contributed by atoms with van der Waals surface area (Å²) in [5.41, 5.74) is 0. The number of hydrogen-bond acceptors (Lipinski definition) is 4. The summed E-state index contributed by atoms with van der Waals surface area (Å²) in [6, 6.07) is 0. The van der Waals surface area contributed by atoms with E-state index in [1.807, 2.05) is 0 Å². The van der Waals surface area contributed by atoms with Gasteiger partial charge in [0.15, 0.2) is 0 Å². The number of rotatable bonds is 5. The molecule has 2 heterocycles. The van der Waals surface area contributed by atoms with Crippen LogP contribution in [0.15, 0.2) is 0 Å². The average molecular weight is 319 g/mol.